The number of nitrogens with one attached hydrogen (secondary N) is 1. The normalized spacial score (nSPS) is 12.6. The van der Waals surface area contributed by atoms with Crippen molar-refractivity contribution in [1.29, 1.82) is 5.41 Å². The highest BCUT2D eigenvalue weighted by molar-refractivity contribution is 6.20. The number of hydrogen-bond donors (Lipinski definition) is 1. The van der Waals surface area contributed by atoms with Crippen LogP contribution in [-0.4, -0.2) is 29.4 Å². The van der Waals surface area contributed by atoms with Crippen molar-refractivity contribution in [2.45, 2.75) is 13.0 Å². The van der Waals surface area contributed by atoms with Gasteiger partial charge in [-0.15, -0.1) is 0 Å². The van der Waals surface area contributed by atoms with Crippen molar-refractivity contribution in [3.63, 3.8) is 0 Å². The van der Waals surface area contributed by atoms with E-state index in [2.05, 4.69) is 4.98 Å². The minimum Gasteiger partial charge on any atom is -0.496 e. The first-order valence-electron chi connectivity index (χ1n) is 11.1. The lowest BCUT2D eigenvalue weighted by Gasteiger charge is -2.09. The fraction of sp³-hybridized carbons (Fsp3) is 0.103. The number of ketones is 2. The maximum Gasteiger partial charge on any atom is 0.163 e. The van der Waals surface area contributed by atoms with Crippen LogP contribution in [0.4, 0.5) is 0 Å². The molecule has 174 valence electrons. The first kappa shape index (κ1) is 23.6. The molecule has 2 aromatic carbocycles. The quantitative estimate of drug-likeness (QED) is 0.328. The summed E-state index contributed by atoms with van der Waals surface area (Å²) in [7, 11) is 1.55. The first-order valence-corrected chi connectivity index (χ1v) is 11.1. The highest BCUT2D eigenvalue weighted by Gasteiger charge is 2.16. The zero-order valence-corrected chi connectivity index (χ0v) is 19.2. The number of aromatic nitrogens is 1. The summed E-state index contributed by atoms with van der Waals surface area (Å²) in [6.45, 7) is 0.316. The van der Waals surface area contributed by atoms with Crippen molar-refractivity contribution in [2.75, 3.05) is 7.11 Å². The smallest absolute Gasteiger partial charge is 0.163 e. The number of carbonyl (C=O) groups excluding carboxylic acids is 2. The van der Waals surface area contributed by atoms with Gasteiger partial charge in [0.1, 0.15) is 18.1 Å². The molecule has 0 unspecified atom stereocenters. The van der Waals surface area contributed by atoms with E-state index in [1.807, 2.05) is 42.5 Å². The molecular formula is C29H24N2O4. The number of methoxy groups -OCH3 is 1. The van der Waals surface area contributed by atoms with Gasteiger partial charge in [0.15, 0.2) is 11.6 Å². The molecule has 1 aromatic heterocycles. The number of rotatable bonds is 10. The average molecular weight is 465 g/mol. The first-order chi connectivity index (χ1) is 17.0. The minimum absolute atomic E-state index is 0.252. The molecular weight excluding hydrogens is 440 g/mol. The van der Waals surface area contributed by atoms with Crippen LogP contribution < -0.4 is 9.47 Å². The summed E-state index contributed by atoms with van der Waals surface area (Å²) in [6, 6.07) is 18.5. The Morgan fingerprint density at radius 1 is 0.943 bits per heavy atom. The summed E-state index contributed by atoms with van der Waals surface area (Å²) in [5.74, 6) is 0.559. The van der Waals surface area contributed by atoms with Gasteiger partial charge in [-0.3, -0.25) is 14.6 Å². The highest BCUT2D eigenvalue weighted by Crippen LogP contribution is 2.28. The summed E-state index contributed by atoms with van der Waals surface area (Å²) in [6.07, 6.45) is 9.19. The number of pyridine rings is 1. The topological polar surface area (TPSA) is 89.3 Å². The molecule has 1 aliphatic carbocycles. The van der Waals surface area contributed by atoms with Gasteiger partial charge in [-0.1, -0.05) is 36.4 Å². The van der Waals surface area contributed by atoms with Crippen molar-refractivity contribution in [3.8, 4) is 11.5 Å². The van der Waals surface area contributed by atoms with E-state index in [0.717, 1.165) is 22.4 Å². The number of hydrogen-bond acceptors (Lipinski definition) is 6. The predicted molar refractivity (Wildman–Crippen MR) is 136 cm³/mol. The number of nitrogens with zero attached hydrogens (tertiary/aromatic N) is 1. The van der Waals surface area contributed by atoms with Crippen LogP contribution in [0.15, 0.2) is 91.2 Å². The van der Waals surface area contributed by atoms with Crippen molar-refractivity contribution < 1.29 is 19.1 Å². The lowest BCUT2D eigenvalue weighted by Crippen LogP contribution is -2.02. The Morgan fingerprint density at radius 2 is 1.69 bits per heavy atom. The second-order valence-electron chi connectivity index (χ2n) is 7.85. The van der Waals surface area contributed by atoms with E-state index < -0.39 is 0 Å². The van der Waals surface area contributed by atoms with Crippen LogP contribution in [0, 0.1) is 5.41 Å². The lowest BCUT2D eigenvalue weighted by atomic mass is 10.0. The van der Waals surface area contributed by atoms with E-state index >= 15 is 0 Å². The van der Waals surface area contributed by atoms with Crippen molar-refractivity contribution in [2.24, 2.45) is 0 Å². The van der Waals surface area contributed by atoms with Gasteiger partial charge in [-0.05, 0) is 65.8 Å². The summed E-state index contributed by atoms with van der Waals surface area (Å²) in [4.78, 5) is 29.0. The molecule has 1 N–H and O–H groups in total. The van der Waals surface area contributed by atoms with E-state index in [9.17, 15) is 9.59 Å². The van der Waals surface area contributed by atoms with E-state index in [0.29, 0.717) is 29.4 Å². The third-order valence-electron chi connectivity index (χ3n) is 5.39. The SMILES string of the molecule is COc1ccc(OCc2ccccn2)cc1/C=C/C(=O)CC(=O)/C=C/C1=CC(=N)c2ccccc21. The number of benzene rings is 2. The fourth-order valence-electron chi connectivity index (χ4n) is 3.65. The molecule has 0 bridgehead atoms. The molecule has 4 rings (SSSR count). The molecule has 0 aliphatic heterocycles. The Bertz CT molecular complexity index is 1350. The number of carbonyl (C=O) groups is 2. The van der Waals surface area contributed by atoms with Gasteiger partial charge in [0.2, 0.25) is 0 Å². The van der Waals surface area contributed by atoms with E-state index in [1.54, 1.807) is 49.7 Å². The maximum atomic E-state index is 12.4. The molecule has 0 atom stereocenters. The van der Waals surface area contributed by atoms with Gasteiger partial charge < -0.3 is 14.9 Å². The highest BCUT2D eigenvalue weighted by atomic mass is 16.5. The average Bonchev–Trinajstić information content (AvgIpc) is 3.21. The van der Waals surface area contributed by atoms with Crippen LogP contribution in [0.25, 0.3) is 11.6 Å². The molecule has 0 saturated carbocycles. The monoisotopic (exact) mass is 464 g/mol. The van der Waals surface area contributed by atoms with Crippen LogP contribution in [0.3, 0.4) is 0 Å². The number of ether oxygens (including phenoxy) is 2. The predicted octanol–water partition coefficient (Wildman–Crippen LogP) is 5.23. The molecule has 0 saturated heterocycles. The zero-order valence-electron chi connectivity index (χ0n) is 19.2. The molecule has 35 heavy (non-hydrogen) atoms. The van der Waals surface area contributed by atoms with Gasteiger partial charge in [0.25, 0.3) is 0 Å². The molecule has 6 nitrogen and oxygen atoms in total. The van der Waals surface area contributed by atoms with Crippen LogP contribution >= 0.6 is 0 Å². The van der Waals surface area contributed by atoms with Gasteiger partial charge in [-0.2, -0.15) is 0 Å². The molecule has 6 heteroatoms. The summed E-state index contributed by atoms with van der Waals surface area (Å²) >= 11 is 0. The number of allylic oxidation sites excluding steroid dienone is 5. The maximum absolute atomic E-state index is 12.4. The Morgan fingerprint density at radius 3 is 2.43 bits per heavy atom. The molecule has 1 aliphatic rings. The van der Waals surface area contributed by atoms with E-state index in [4.69, 9.17) is 14.9 Å². The second-order valence-corrected chi connectivity index (χ2v) is 7.85. The van der Waals surface area contributed by atoms with Gasteiger partial charge >= 0.3 is 0 Å². The standard InChI is InChI=1S/C29H24N2O4/c1-34-29-14-13-25(35-19-22-6-4-5-15-31-22)16-21(29)10-12-24(33)18-23(32)11-9-20-17-28(30)27-8-3-2-7-26(20)27/h2-17,30H,18-19H2,1H3/b11-9+,12-10+,30-28?. The van der Waals surface area contributed by atoms with E-state index in [1.165, 1.54) is 12.2 Å². The van der Waals surface area contributed by atoms with Crippen molar-refractivity contribution in [3.05, 3.63) is 114 Å². The summed E-state index contributed by atoms with van der Waals surface area (Å²) in [5, 5.41) is 8.03. The lowest BCUT2D eigenvalue weighted by molar-refractivity contribution is -0.121. The molecule has 0 spiro atoms. The zero-order chi connectivity index (χ0) is 24.6. The molecule has 1 heterocycles. The molecule has 0 amide bonds. The van der Waals surface area contributed by atoms with Crippen molar-refractivity contribution in [1.82, 2.24) is 4.98 Å². The fourth-order valence-corrected chi connectivity index (χ4v) is 3.65. The van der Waals surface area contributed by atoms with Crippen LogP contribution in [0.2, 0.25) is 0 Å². The van der Waals surface area contributed by atoms with Gasteiger partial charge in [0.05, 0.1) is 24.9 Å². The van der Waals surface area contributed by atoms with E-state index in [-0.39, 0.29) is 18.0 Å². The second kappa shape index (κ2) is 11.0. The summed E-state index contributed by atoms with van der Waals surface area (Å²) < 4.78 is 11.2. The van der Waals surface area contributed by atoms with Gasteiger partial charge in [0, 0.05) is 17.3 Å². The third-order valence-corrected chi connectivity index (χ3v) is 5.39. The largest absolute Gasteiger partial charge is 0.496 e. The Hall–Kier alpha value is -4.58. The number of fused-ring (bicyclic) bond motifs is 1. The van der Waals surface area contributed by atoms with Crippen LogP contribution in [0.1, 0.15) is 28.8 Å². The minimum atomic E-state index is -0.324. The molecule has 0 radical (unpaired) electrons. The van der Waals surface area contributed by atoms with Crippen LogP contribution in [0.5, 0.6) is 11.5 Å². The molecule has 0 fully saturated rings. The molecule has 3 aromatic rings. The summed E-state index contributed by atoms with van der Waals surface area (Å²) in [5.41, 5.74) is 4.40. The Kier molecular flexibility index (Phi) is 7.43. The third kappa shape index (κ3) is 6.06. The Labute approximate surface area is 203 Å². The van der Waals surface area contributed by atoms with Crippen molar-refractivity contribution >= 4 is 28.9 Å². The van der Waals surface area contributed by atoms with Crippen LogP contribution in [-0.2, 0) is 16.2 Å². The van der Waals surface area contributed by atoms with Gasteiger partial charge in [-0.25, -0.2) is 0 Å². The Balaban J connectivity index is 1.37.